The van der Waals surface area contributed by atoms with Gasteiger partial charge in [0.25, 0.3) is 0 Å². The molecule has 0 unspecified atom stereocenters. The molecule has 0 amide bonds. The number of sulfonamides is 1. The maximum Gasteiger partial charge on any atom is 0.460 e. The molecular formula is C16H15F21N2O2S. The molecule has 0 aliphatic heterocycles. The van der Waals surface area contributed by atoms with Gasteiger partial charge in [-0.05, 0) is 20.0 Å². The first-order valence-electron chi connectivity index (χ1n) is 10.1. The Bertz CT molecular complexity index is 1040. The number of halogens is 21. The SMILES string of the molecule is CNCCCNS(=O)(=O)CCC(F)(F)C(F)(F)C(F)(F)C(F)(F)C(F)(F)C(F)(F)C(F)(F)C(F)(F)C(F)(F)C(F)(F)F. The highest BCUT2D eigenvalue weighted by Crippen LogP contribution is 2.66. The number of hydrogen-bond acceptors (Lipinski definition) is 3. The van der Waals surface area contributed by atoms with Crippen molar-refractivity contribution in [1.82, 2.24) is 10.0 Å². The summed E-state index contributed by atoms with van der Waals surface area (Å²) in [6.07, 6.45) is -11.4. The van der Waals surface area contributed by atoms with E-state index in [1.807, 2.05) is 0 Å². The van der Waals surface area contributed by atoms with Crippen molar-refractivity contribution in [2.45, 2.75) is 72.3 Å². The lowest BCUT2D eigenvalue weighted by molar-refractivity contribution is -0.474. The van der Waals surface area contributed by atoms with Crippen LogP contribution in [0.15, 0.2) is 0 Å². The number of rotatable bonds is 16. The molecule has 0 saturated carbocycles. The van der Waals surface area contributed by atoms with Crippen LogP contribution in [0.3, 0.4) is 0 Å². The van der Waals surface area contributed by atoms with E-state index in [1.54, 1.807) is 0 Å². The predicted octanol–water partition coefficient (Wildman–Crippen LogP) is 6.19. The van der Waals surface area contributed by atoms with Crippen LogP contribution in [0, 0.1) is 0 Å². The van der Waals surface area contributed by atoms with E-state index in [2.05, 4.69) is 5.32 Å². The fourth-order valence-corrected chi connectivity index (χ4v) is 3.70. The summed E-state index contributed by atoms with van der Waals surface area (Å²) in [6, 6.07) is 0. The molecule has 26 heteroatoms. The van der Waals surface area contributed by atoms with Gasteiger partial charge in [0.2, 0.25) is 10.0 Å². The van der Waals surface area contributed by atoms with Crippen LogP contribution < -0.4 is 10.0 Å². The zero-order chi connectivity index (χ0) is 34.4. The van der Waals surface area contributed by atoms with Crippen LogP contribution in [0.5, 0.6) is 0 Å². The minimum Gasteiger partial charge on any atom is -0.320 e. The summed E-state index contributed by atoms with van der Waals surface area (Å²) >= 11 is 0. The highest BCUT2D eigenvalue weighted by molar-refractivity contribution is 7.89. The Morgan fingerprint density at radius 2 is 0.786 bits per heavy atom. The standard InChI is InChI=1S/C16H15F21N2O2S/c1-38-4-2-5-39-42(40,41)6-3-7(17,18)8(19,20)9(21,22)10(23,24)11(25,26)12(27,28)13(29,30)14(31,32)15(33,34)16(35,36)37/h38-39H,2-6H2,1H3. The lowest BCUT2D eigenvalue weighted by Gasteiger charge is -2.44. The molecule has 0 aromatic heterocycles. The zero-order valence-corrected chi connectivity index (χ0v) is 20.5. The quantitative estimate of drug-likeness (QED) is 0.150. The van der Waals surface area contributed by atoms with Crippen LogP contribution in [0.4, 0.5) is 92.2 Å². The van der Waals surface area contributed by atoms with Crippen LogP contribution in [0.2, 0.25) is 0 Å². The van der Waals surface area contributed by atoms with Crippen LogP contribution in [-0.4, -0.2) is 93.8 Å². The zero-order valence-electron chi connectivity index (χ0n) is 19.7. The Hall–Kier alpha value is -1.60. The Labute approximate surface area is 220 Å². The molecule has 0 saturated heterocycles. The van der Waals surface area contributed by atoms with Gasteiger partial charge in [0.05, 0.1) is 5.75 Å². The van der Waals surface area contributed by atoms with Gasteiger partial charge in [-0.3, -0.25) is 0 Å². The summed E-state index contributed by atoms with van der Waals surface area (Å²) in [6.45, 7) is -0.636. The summed E-state index contributed by atoms with van der Waals surface area (Å²) in [5, 5.41) is 2.42. The topological polar surface area (TPSA) is 58.2 Å². The summed E-state index contributed by atoms with van der Waals surface area (Å²) in [7, 11) is -3.87. The lowest BCUT2D eigenvalue weighted by Crippen LogP contribution is -2.76. The summed E-state index contributed by atoms with van der Waals surface area (Å²) in [4.78, 5) is 0. The van der Waals surface area contributed by atoms with Crippen molar-refractivity contribution in [2.75, 3.05) is 25.9 Å². The maximum atomic E-state index is 13.8. The van der Waals surface area contributed by atoms with Crippen LogP contribution >= 0.6 is 0 Å². The Kier molecular flexibility index (Phi) is 11.0. The first-order valence-corrected chi connectivity index (χ1v) is 11.8. The van der Waals surface area contributed by atoms with Gasteiger partial charge in [0.1, 0.15) is 0 Å². The van der Waals surface area contributed by atoms with E-state index in [0.29, 0.717) is 0 Å². The second kappa shape index (κ2) is 11.4. The molecule has 0 spiro atoms. The normalized spacial score (nSPS) is 16.2. The highest BCUT2D eigenvalue weighted by Gasteiger charge is 2.97. The molecule has 0 fully saturated rings. The first kappa shape index (κ1) is 40.4. The lowest BCUT2D eigenvalue weighted by atomic mass is 9.86. The van der Waals surface area contributed by atoms with Gasteiger partial charge in [-0.2, -0.15) is 92.2 Å². The molecule has 0 rings (SSSR count). The summed E-state index contributed by atoms with van der Waals surface area (Å²) in [5.74, 6) is -80.4. The van der Waals surface area contributed by atoms with Crippen molar-refractivity contribution in [3.8, 4) is 0 Å². The highest BCUT2D eigenvalue weighted by atomic mass is 32.2. The molecule has 0 radical (unpaired) electrons. The molecule has 0 aromatic carbocycles. The van der Waals surface area contributed by atoms with Crippen molar-refractivity contribution in [3.05, 3.63) is 0 Å². The molecule has 254 valence electrons. The molecular weight excluding hydrogens is 683 g/mol. The van der Waals surface area contributed by atoms with Crippen LogP contribution in [0.1, 0.15) is 12.8 Å². The van der Waals surface area contributed by atoms with E-state index < -0.39 is 88.2 Å². The average molecular weight is 698 g/mol. The number of nitrogens with one attached hydrogen (secondary N) is 2. The van der Waals surface area contributed by atoms with E-state index in [0.717, 1.165) is 0 Å². The minimum atomic E-state index is -9.25. The van der Waals surface area contributed by atoms with Crippen molar-refractivity contribution in [3.63, 3.8) is 0 Å². The fourth-order valence-electron chi connectivity index (χ4n) is 2.58. The second-order valence-corrected chi connectivity index (χ2v) is 10.1. The monoisotopic (exact) mass is 698 g/mol. The number of alkyl halides is 21. The molecule has 0 aromatic rings. The van der Waals surface area contributed by atoms with Gasteiger partial charge in [-0.25, -0.2) is 13.1 Å². The molecule has 0 aliphatic rings. The minimum absolute atomic E-state index is 0.0235. The number of hydrogen-bond donors (Lipinski definition) is 2. The third-order valence-electron chi connectivity index (χ3n) is 5.19. The van der Waals surface area contributed by atoms with Gasteiger partial charge in [0.15, 0.2) is 0 Å². The predicted molar refractivity (Wildman–Crippen MR) is 95.5 cm³/mol. The van der Waals surface area contributed by atoms with E-state index in [4.69, 9.17) is 0 Å². The molecule has 0 heterocycles. The molecule has 0 bridgehead atoms. The maximum absolute atomic E-state index is 13.8. The van der Waals surface area contributed by atoms with Gasteiger partial charge >= 0.3 is 59.5 Å². The largest absolute Gasteiger partial charge is 0.460 e. The molecule has 42 heavy (non-hydrogen) atoms. The van der Waals surface area contributed by atoms with E-state index in [-0.39, 0.29) is 13.0 Å². The summed E-state index contributed by atoms with van der Waals surface area (Å²) in [5.41, 5.74) is 0. The Balaban J connectivity index is 6.67. The van der Waals surface area contributed by atoms with Crippen molar-refractivity contribution >= 4 is 10.0 Å². The third-order valence-corrected chi connectivity index (χ3v) is 6.57. The third kappa shape index (κ3) is 6.16. The molecule has 0 atom stereocenters. The van der Waals surface area contributed by atoms with E-state index in [1.165, 1.54) is 11.8 Å². The van der Waals surface area contributed by atoms with Crippen LogP contribution in [-0.2, 0) is 10.0 Å². The smallest absolute Gasteiger partial charge is 0.320 e. The average Bonchev–Trinajstić information content (AvgIpc) is 2.79. The summed E-state index contributed by atoms with van der Waals surface area (Å²) < 4.78 is 304. The Morgan fingerprint density at radius 1 is 0.476 bits per heavy atom. The van der Waals surface area contributed by atoms with Crippen molar-refractivity contribution < 1.29 is 101 Å². The van der Waals surface area contributed by atoms with Crippen LogP contribution in [0.25, 0.3) is 0 Å². The van der Waals surface area contributed by atoms with Gasteiger partial charge in [-0.15, -0.1) is 0 Å². The van der Waals surface area contributed by atoms with Gasteiger partial charge < -0.3 is 5.32 Å². The fraction of sp³-hybridized carbons (Fsp3) is 1.00. The van der Waals surface area contributed by atoms with Crippen molar-refractivity contribution in [1.29, 1.82) is 0 Å². The van der Waals surface area contributed by atoms with Crippen molar-refractivity contribution in [2.24, 2.45) is 0 Å². The van der Waals surface area contributed by atoms with Gasteiger partial charge in [-0.1, -0.05) is 0 Å². The second-order valence-electron chi connectivity index (χ2n) is 8.22. The van der Waals surface area contributed by atoms with Gasteiger partial charge in [0, 0.05) is 13.0 Å². The molecule has 4 nitrogen and oxygen atoms in total. The van der Waals surface area contributed by atoms with E-state index >= 15 is 0 Å². The Morgan fingerprint density at radius 3 is 1.10 bits per heavy atom. The van der Waals surface area contributed by atoms with E-state index in [9.17, 15) is 101 Å². The first-order chi connectivity index (χ1) is 18.0. The molecule has 2 N–H and O–H groups in total. The molecule has 0 aliphatic carbocycles.